The lowest BCUT2D eigenvalue weighted by Gasteiger charge is -2.19. The Balaban J connectivity index is 2.25. The molecule has 0 bridgehead atoms. The maximum absolute atomic E-state index is 5.99. The fourth-order valence-corrected chi connectivity index (χ4v) is 2.52. The number of hydrogen-bond donors (Lipinski definition) is 2. The first-order valence-electron chi connectivity index (χ1n) is 6.38. The molecule has 5 heteroatoms. The van der Waals surface area contributed by atoms with E-state index in [-0.39, 0.29) is 6.04 Å². The molecule has 1 atom stereocenters. The van der Waals surface area contributed by atoms with E-state index in [4.69, 9.17) is 17.4 Å². The van der Waals surface area contributed by atoms with Gasteiger partial charge in [-0.25, -0.2) is 4.98 Å². The van der Waals surface area contributed by atoms with Crippen LogP contribution in [0.4, 0.5) is 0 Å². The van der Waals surface area contributed by atoms with Gasteiger partial charge >= 0.3 is 0 Å². The highest BCUT2D eigenvalue weighted by Crippen LogP contribution is 2.23. The minimum atomic E-state index is 0.0324. The van der Waals surface area contributed by atoms with Crippen molar-refractivity contribution < 1.29 is 0 Å². The van der Waals surface area contributed by atoms with Gasteiger partial charge in [0.05, 0.1) is 6.04 Å². The Kier molecular flexibility index (Phi) is 4.58. The predicted octanol–water partition coefficient (Wildman–Crippen LogP) is 2.61. The molecular formula is C14H19ClN4. The van der Waals surface area contributed by atoms with Crippen molar-refractivity contribution in [3.63, 3.8) is 0 Å². The molecule has 0 saturated heterocycles. The summed E-state index contributed by atoms with van der Waals surface area (Å²) < 4.78 is 2.12. The maximum Gasteiger partial charge on any atom is 0.110 e. The smallest absolute Gasteiger partial charge is 0.110 e. The van der Waals surface area contributed by atoms with Crippen LogP contribution in [0.15, 0.2) is 30.6 Å². The first-order valence-corrected chi connectivity index (χ1v) is 6.75. The summed E-state index contributed by atoms with van der Waals surface area (Å²) in [6, 6.07) is 5.89. The number of halogens is 1. The van der Waals surface area contributed by atoms with Crippen LogP contribution in [0.1, 0.15) is 29.9 Å². The number of imidazole rings is 1. The van der Waals surface area contributed by atoms with Crippen LogP contribution in [0.5, 0.6) is 0 Å². The van der Waals surface area contributed by atoms with Crippen LogP contribution in [0, 0.1) is 6.92 Å². The lowest BCUT2D eigenvalue weighted by Crippen LogP contribution is -2.31. The Morgan fingerprint density at radius 2 is 2.26 bits per heavy atom. The number of hydrogen-bond acceptors (Lipinski definition) is 3. The minimum absolute atomic E-state index is 0.0324. The van der Waals surface area contributed by atoms with Crippen LogP contribution in [0.25, 0.3) is 0 Å². The van der Waals surface area contributed by atoms with Crippen molar-refractivity contribution in [3.05, 3.63) is 52.6 Å². The van der Waals surface area contributed by atoms with Crippen molar-refractivity contribution >= 4 is 11.6 Å². The van der Waals surface area contributed by atoms with Crippen LogP contribution in [-0.4, -0.2) is 9.55 Å². The molecule has 1 aromatic carbocycles. The summed E-state index contributed by atoms with van der Waals surface area (Å²) in [6.07, 6.45) is 4.55. The molecule has 0 aliphatic rings. The number of nitrogens with two attached hydrogens (primary N) is 1. The Morgan fingerprint density at radius 3 is 2.89 bits per heavy atom. The van der Waals surface area contributed by atoms with Crippen LogP contribution < -0.4 is 11.3 Å². The van der Waals surface area contributed by atoms with Gasteiger partial charge < -0.3 is 4.57 Å². The van der Waals surface area contributed by atoms with Crippen molar-refractivity contribution in [1.82, 2.24) is 15.0 Å². The van der Waals surface area contributed by atoms with Crippen molar-refractivity contribution in [2.24, 2.45) is 5.84 Å². The van der Waals surface area contributed by atoms with Gasteiger partial charge in [-0.05, 0) is 37.1 Å². The molecular weight excluding hydrogens is 260 g/mol. The number of benzene rings is 1. The van der Waals surface area contributed by atoms with E-state index < -0.39 is 0 Å². The van der Waals surface area contributed by atoms with Gasteiger partial charge in [0, 0.05) is 30.4 Å². The molecule has 19 heavy (non-hydrogen) atoms. The van der Waals surface area contributed by atoms with Gasteiger partial charge in [-0.15, -0.1) is 0 Å². The Labute approximate surface area is 118 Å². The van der Waals surface area contributed by atoms with Gasteiger partial charge in [-0.1, -0.05) is 17.7 Å². The first-order chi connectivity index (χ1) is 9.15. The Morgan fingerprint density at radius 1 is 1.47 bits per heavy atom. The van der Waals surface area contributed by atoms with E-state index in [0.29, 0.717) is 0 Å². The van der Waals surface area contributed by atoms with Crippen LogP contribution in [-0.2, 0) is 13.0 Å². The van der Waals surface area contributed by atoms with Crippen molar-refractivity contribution in [3.8, 4) is 0 Å². The van der Waals surface area contributed by atoms with Crippen molar-refractivity contribution in [2.75, 3.05) is 0 Å². The van der Waals surface area contributed by atoms with Crippen molar-refractivity contribution in [1.29, 1.82) is 0 Å². The molecule has 0 fully saturated rings. The highest BCUT2D eigenvalue weighted by Gasteiger charge is 2.15. The minimum Gasteiger partial charge on any atom is -0.335 e. The highest BCUT2D eigenvalue weighted by molar-refractivity contribution is 6.30. The third-order valence-electron chi connectivity index (χ3n) is 3.34. The average molecular weight is 279 g/mol. The first kappa shape index (κ1) is 14.1. The molecule has 2 aromatic rings. The van der Waals surface area contributed by atoms with E-state index in [0.717, 1.165) is 34.9 Å². The zero-order valence-corrected chi connectivity index (χ0v) is 12.0. The second-order valence-corrected chi connectivity index (χ2v) is 4.99. The zero-order valence-electron chi connectivity index (χ0n) is 11.2. The average Bonchev–Trinajstić information content (AvgIpc) is 2.84. The summed E-state index contributed by atoms with van der Waals surface area (Å²) in [6.45, 7) is 5.05. The van der Waals surface area contributed by atoms with Gasteiger partial charge in [0.25, 0.3) is 0 Å². The molecule has 0 aliphatic heterocycles. The summed E-state index contributed by atoms with van der Waals surface area (Å²) >= 11 is 5.99. The molecule has 0 saturated carbocycles. The third kappa shape index (κ3) is 3.15. The predicted molar refractivity (Wildman–Crippen MR) is 77.9 cm³/mol. The van der Waals surface area contributed by atoms with Gasteiger partial charge in [-0.3, -0.25) is 11.3 Å². The van der Waals surface area contributed by atoms with Crippen LogP contribution >= 0.6 is 11.6 Å². The maximum atomic E-state index is 5.99. The van der Waals surface area contributed by atoms with E-state index in [9.17, 15) is 0 Å². The fraction of sp³-hybridized carbons (Fsp3) is 0.357. The topological polar surface area (TPSA) is 55.9 Å². The zero-order chi connectivity index (χ0) is 13.8. The molecule has 0 aliphatic carbocycles. The van der Waals surface area contributed by atoms with E-state index >= 15 is 0 Å². The third-order valence-corrected chi connectivity index (χ3v) is 3.57. The summed E-state index contributed by atoms with van der Waals surface area (Å²) in [4.78, 5) is 4.39. The second kappa shape index (κ2) is 6.19. The van der Waals surface area contributed by atoms with E-state index in [1.807, 2.05) is 37.5 Å². The van der Waals surface area contributed by atoms with Gasteiger partial charge in [0.1, 0.15) is 5.82 Å². The molecule has 1 heterocycles. The lowest BCUT2D eigenvalue weighted by atomic mass is 9.99. The summed E-state index contributed by atoms with van der Waals surface area (Å²) in [5.74, 6) is 6.73. The molecule has 0 spiro atoms. The SMILES string of the molecule is CCn1ccnc1CC(NN)c1ccc(Cl)cc1C. The number of aryl methyl sites for hydroxylation is 2. The van der Waals surface area contributed by atoms with E-state index in [1.54, 1.807) is 0 Å². The molecule has 3 N–H and O–H groups in total. The molecule has 0 amide bonds. The Hall–Kier alpha value is -1.36. The number of rotatable bonds is 5. The Bertz CT molecular complexity index is 550. The molecule has 0 radical (unpaired) electrons. The van der Waals surface area contributed by atoms with Crippen LogP contribution in [0.3, 0.4) is 0 Å². The molecule has 1 unspecified atom stereocenters. The van der Waals surface area contributed by atoms with E-state index in [1.165, 1.54) is 0 Å². The summed E-state index contributed by atoms with van der Waals surface area (Å²) in [5, 5.41) is 0.743. The van der Waals surface area contributed by atoms with Gasteiger partial charge in [0.2, 0.25) is 0 Å². The number of nitrogens with zero attached hydrogens (tertiary/aromatic N) is 2. The lowest BCUT2D eigenvalue weighted by molar-refractivity contribution is 0.521. The number of nitrogens with one attached hydrogen (secondary N) is 1. The van der Waals surface area contributed by atoms with Gasteiger partial charge in [-0.2, -0.15) is 0 Å². The second-order valence-electron chi connectivity index (χ2n) is 4.55. The highest BCUT2D eigenvalue weighted by atomic mass is 35.5. The van der Waals surface area contributed by atoms with Crippen LogP contribution in [0.2, 0.25) is 5.02 Å². The van der Waals surface area contributed by atoms with E-state index in [2.05, 4.69) is 21.9 Å². The standard InChI is InChI=1S/C14H19ClN4/c1-3-19-7-6-17-14(19)9-13(18-16)12-5-4-11(15)8-10(12)2/h4-8,13,18H,3,9,16H2,1-2H3. The van der Waals surface area contributed by atoms with Gasteiger partial charge in [0.15, 0.2) is 0 Å². The summed E-state index contributed by atoms with van der Waals surface area (Å²) in [7, 11) is 0. The number of hydrazine groups is 1. The molecule has 2 rings (SSSR count). The molecule has 4 nitrogen and oxygen atoms in total. The summed E-state index contributed by atoms with van der Waals surface area (Å²) in [5.41, 5.74) is 5.15. The normalized spacial score (nSPS) is 12.6. The fourth-order valence-electron chi connectivity index (χ4n) is 2.29. The molecule has 102 valence electrons. The largest absolute Gasteiger partial charge is 0.335 e. The molecule has 1 aromatic heterocycles. The quantitative estimate of drug-likeness (QED) is 0.653. The monoisotopic (exact) mass is 278 g/mol. The number of aromatic nitrogens is 2. The van der Waals surface area contributed by atoms with Crippen molar-refractivity contribution in [2.45, 2.75) is 32.9 Å².